The van der Waals surface area contributed by atoms with E-state index in [-0.39, 0.29) is 19.4 Å². The standard InChI is InChI=1S/C11H15F3O5S/c1-3-18-10(15)9-5-4-8(6-7(9)2)19-20(16,17)11(12,13)14/h6,8-9H,3-5H2,1-2H3. The first kappa shape index (κ1) is 17.0. The molecule has 2 atom stereocenters. The molecule has 116 valence electrons. The predicted molar refractivity (Wildman–Crippen MR) is 63.0 cm³/mol. The second kappa shape index (κ2) is 6.13. The van der Waals surface area contributed by atoms with E-state index in [0.717, 1.165) is 0 Å². The van der Waals surface area contributed by atoms with Crippen molar-refractivity contribution in [1.29, 1.82) is 0 Å². The summed E-state index contributed by atoms with van der Waals surface area (Å²) < 4.78 is 67.2. The van der Waals surface area contributed by atoms with Gasteiger partial charge in [-0.1, -0.05) is 11.6 Å². The molecule has 0 aromatic carbocycles. The van der Waals surface area contributed by atoms with Gasteiger partial charge in [-0.05, 0) is 26.7 Å². The van der Waals surface area contributed by atoms with Crippen LogP contribution >= 0.6 is 0 Å². The summed E-state index contributed by atoms with van der Waals surface area (Å²) in [5, 5.41) is 0. The Kier molecular flexibility index (Phi) is 5.20. The fourth-order valence-electron chi connectivity index (χ4n) is 1.89. The van der Waals surface area contributed by atoms with Crippen LogP contribution in [-0.2, 0) is 23.8 Å². The van der Waals surface area contributed by atoms with Crippen molar-refractivity contribution >= 4 is 16.1 Å². The molecule has 0 spiro atoms. The molecule has 0 saturated heterocycles. The summed E-state index contributed by atoms with van der Waals surface area (Å²) in [7, 11) is -5.63. The lowest BCUT2D eigenvalue weighted by Crippen LogP contribution is -2.32. The minimum atomic E-state index is -5.63. The molecule has 0 aromatic heterocycles. The maximum Gasteiger partial charge on any atom is 0.523 e. The highest BCUT2D eigenvalue weighted by Crippen LogP contribution is 2.31. The van der Waals surface area contributed by atoms with Gasteiger partial charge in [0, 0.05) is 0 Å². The largest absolute Gasteiger partial charge is 0.523 e. The molecule has 5 nitrogen and oxygen atoms in total. The highest BCUT2D eigenvalue weighted by Gasteiger charge is 2.48. The van der Waals surface area contributed by atoms with Crippen molar-refractivity contribution in [2.24, 2.45) is 5.92 Å². The Morgan fingerprint density at radius 3 is 2.45 bits per heavy atom. The van der Waals surface area contributed by atoms with Gasteiger partial charge in [0.1, 0.15) is 0 Å². The molecule has 1 aliphatic rings. The third kappa shape index (κ3) is 3.95. The summed E-state index contributed by atoms with van der Waals surface area (Å²) >= 11 is 0. The Balaban J connectivity index is 2.78. The molecule has 0 saturated carbocycles. The fraction of sp³-hybridized carbons (Fsp3) is 0.727. The molecule has 0 N–H and O–H groups in total. The van der Waals surface area contributed by atoms with Crippen LogP contribution in [-0.4, -0.2) is 32.6 Å². The summed E-state index contributed by atoms with van der Waals surface area (Å²) in [6.07, 6.45) is 0.177. The van der Waals surface area contributed by atoms with E-state index in [1.165, 1.54) is 13.0 Å². The molecule has 0 radical (unpaired) electrons. The second-order valence-electron chi connectivity index (χ2n) is 4.33. The third-order valence-electron chi connectivity index (χ3n) is 2.84. The Labute approximate surface area is 114 Å². The zero-order valence-corrected chi connectivity index (χ0v) is 11.8. The van der Waals surface area contributed by atoms with E-state index in [1.807, 2.05) is 0 Å². The molecule has 1 rings (SSSR count). The zero-order valence-electron chi connectivity index (χ0n) is 10.9. The Morgan fingerprint density at radius 2 is 2.00 bits per heavy atom. The average Bonchev–Trinajstić information content (AvgIpc) is 2.27. The molecular formula is C11H15F3O5S. The van der Waals surface area contributed by atoms with Crippen LogP contribution in [0.5, 0.6) is 0 Å². The first-order valence-corrected chi connectivity index (χ1v) is 7.33. The van der Waals surface area contributed by atoms with Gasteiger partial charge < -0.3 is 4.74 Å². The third-order valence-corrected chi connectivity index (χ3v) is 3.91. The molecular weight excluding hydrogens is 301 g/mol. The van der Waals surface area contributed by atoms with Gasteiger partial charge in [-0.25, -0.2) is 0 Å². The lowest BCUT2D eigenvalue weighted by atomic mass is 9.87. The van der Waals surface area contributed by atoms with E-state index in [1.54, 1.807) is 6.92 Å². The van der Waals surface area contributed by atoms with E-state index in [2.05, 4.69) is 4.18 Å². The predicted octanol–water partition coefficient (Wildman–Crippen LogP) is 2.14. The van der Waals surface area contributed by atoms with Gasteiger partial charge in [-0.2, -0.15) is 21.6 Å². The number of carbonyl (C=O) groups excluding carboxylic acids is 1. The van der Waals surface area contributed by atoms with Crippen molar-refractivity contribution in [3.05, 3.63) is 11.6 Å². The van der Waals surface area contributed by atoms with Gasteiger partial charge in [-0.3, -0.25) is 8.98 Å². The first-order chi connectivity index (χ1) is 9.08. The molecule has 0 aliphatic heterocycles. The number of ether oxygens (including phenoxy) is 1. The van der Waals surface area contributed by atoms with Crippen LogP contribution in [0, 0.1) is 5.92 Å². The van der Waals surface area contributed by atoms with Gasteiger partial charge >= 0.3 is 21.6 Å². The molecule has 0 aromatic rings. The highest BCUT2D eigenvalue weighted by molar-refractivity contribution is 7.87. The highest BCUT2D eigenvalue weighted by atomic mass is 32.2. The summed E-state index contributed by atoms with van der Waals surface area (Å²) in [5.74, 6) is -1.04. The number of esters is 1. The maximum absolute atomic E-state index is 12.2. The van der Waals surface area contributed by atoms with Gasteiger partial charge in [0.2, 0.25) is 0 Å². The van der Waals surface area contributed by atoms with E-state index in [0.29, 0.717) is 5.57 Å². The van der Waals surface area contributed by atoms with Crippen LogP contribution in [0.3, 0.4) is 0 Å². The summed E-state index contributed by atoms with van der Waals surface area (Å²) in [4.78, 5) is 11.6. The Hall–Kier alpha value is -1.09. The molecule has 2 unspecified atom stereocenters. The van der Waals surface area contributed by atoms with Gasteiger partial charge in [-0.15, -0.1) is 0 Å². The van der Waals surface area contributed by atoms with Crippen LogP contribution in [0.15, 0.2) is 11.6 Å². The quantitative estimate of drug-likeness (QED) is 0.344. The first-order valence-electron chi connectivity index (χ1n) is 5.93. The van der Waals surface area contributed by atoms with Crippen LogP contribution in [0.1, 0.15) is 26.7 Å². The Morgan fingerprint density at radius 1 is 1.40 bits per heavy atom. The summed E-state index contributed by atoms with van der Waals surface area (Å²) in [5.41, 5.74) is -5.01. The average molecular weight is 316 g/mol. The molecule has 20 heavy (non-hydrogen) atoms. The second-order valence-corrected chi connectivity index (χ2v) is 5.89. The topological polar surface area (TPSA) is 69.7 Å². The van der Waals surface area contributed by atoms with Gasteiger partial charge in [0.25, 0.3) is 0 Å². The van der Waals surface area contributed by atoms with Crippen molar-refractivity contribution in [3.8, 4) is 0 Å². The van der Waals surface area contributed by atoms with Gasteiger partial charge in [0.05, 0.1) is 18.6 Å². The molecule has 0 bridgehead atoms. The lowest BCUT2D eigenvalue weighted by molar-refractivity contribution is -0.147. The normalized spacial score (nSPS) is 24.1. The van der Waals surface area contributed by atoms with E-state index >= 15 is 0 Å². The van der Waals surface area contributed by atoms with E-state index in [9.17, 15) is 26.4 Å². The van der Waals surface area contributed by atoms with Crippen molar-refractivity contribution in [2.45, 2.75) is 38.3 Å². The number of alkyl halides is 3. The summed E-state index contributed by atoms with van der Waals surface area (Å²) in [6.45, 7) is 3.36. The van der Waals surface area contributed by atoms with Crippen molar-refractivity contribution in [2.75, 3.05) is 6.61 Å². The zero-order chi connectivity index (χ0) is 15.6. The fourth-order valence-corrected chi connectivity index (χ4v) is 2.48. The van der Waals surface area contributed by atoms with E-state index < -0.39 is 33.6 Å². The molecule has 0 fully saturated rings. The monoisotopic (exact) mass is 316 g/mol. The number of hydrogen-bond acceptors (Lipinski definition) is 5. The van der Waals surface area contributed by atoms with Crippen molar-refractivity contribution in [1.82, 2.24) is 0 Å². The van der Waals surface area contributed by atoms with E-state index in [4.69, 9.17) is 4.74 Å². The lowest BCUT2D eigenvalue weighted by Gasteiger charge is -2.25. The number of halogens is 3. The maximum atomic E-state index is 12.2. The number of hydrogen-bond donors (Lipinski definition) is 0. The number of rotatable bonds is 4. The van der Waals surface area contributed by atoms with Crippen molar-refractivity contribution in [3.63, 3.8) is 0 Å². The SMILES string of the molecule is CCOC(=O)C1CCC(OS(=O)(=O)C(F)(F)F)C=C1C. The minimum absolute atomic E-state index is 0.00384. The van der Waals surface area contributed by atoms with Crippen LogP contribution in [0.4, 0.5) is 13.2 Å². The molecule has 1 aliphatic carbocycles. The minimum Gasteiger partial charge on any atom is -0.466 e. The summed E-state index contributed by atoms with van der Waals surface area (Å²) in [6, 6.07) is 0. The molecule has 0 amide bonds. The van der Waals surface area contributed by atoms with Crippen LogP contribution in [0.2, 0.25) is 0 Å². The van der Waals surface area contributed by atoms with Crippen LogP contribution < -0.4 is 0 Å². The van der Waals surface area contributed by atoms with Crippen molar-refractivity contribution < 1.29 is 35.3 Å². The van der Waals surface area contributed by atoms with Gasteiger partial charge in [0.15, 0.2) is 0 Å². The number of carbonyl (C=O) groups is 1. The van der Waals surface area contributed by atoms with Crippen LogP contribution in [0.25, 0.3) is 0 Å². The molecule has 9 heteroatoms. The molecule has 0 heterocycles. The Bertz CT molecular complexity index is 495. The smallest absolute Gasteiger partial charge is 0.466 e.